The largest absolute Gasteiger partial charge is 0.487 e. The summed E-state index contributed by atoms with van der Waals surface area (Å²) in [6, 6.07) is 9.37. The van der Waals surface area contributed by atoms with Crippen LogP contribution in [0.15, 0.2) is 47.4 Å². The van der Waals surface area contributed by atoms with Crippen LogP contribution in [0.2, 0.25) is 0 Å². The van der Waals surface area contributed by atoms with Crippen molar-refractivity contribution in [3.8, 4) is 28.8 Å². The molecular weight excluding hydrogens is 389 g/mol. The zero-order chi connectivity index (χ0) is 20.3. The Hall–Kier alpha value is -2.80. The summed E-state index contributed by atoms with van der Waals surface area (Å²) in [6.45, 7) is 1.33. The van der Waals surface area contributed by atoms with Crippen molar-refractivity contribution in [2.45, 2.75) is 12.6 Å². The highest BCUT2D eigenvalue weighted by Gasteiger charge is 2.22. The van der Waals surface area contributed by atoms with E-state index in [0.717, 1.165) is 0 Å². The van der Waals surface area contributed by atoms with Crippen LogP contribution in [0.25, 0.3) is 17.1 Å². The Morgan fingerprint density at radius 3 is 2.43 bits per heavy atom. The number of rotatable bonds is 7. The van der Waals surface area contributed by atoms with E-state index in [1.54, 1.807) is 43.0 Å². The maximum absolute atomic E-state index is 12.9. The second kappa shape index (κ2) is 8.06. The van der Waals surface area contributed by atoms with Gasteiger partial charge in [-0.15, -0.1) is 0 Å². The van der Waals surface area contributed by atoms with E-state index in [2.05, 4.69) is 10.1 Å². The van der Waals surface area contributed by atoms with E-state index < -0.39 is 12.3 Å². The Morgan fingerprint density at radius 2 is 1.86 bits per heavy atom. The fourth-order valence-electron chi connectivity index (χ4n) is 2.48. The van der Waals surface area contributed by atoms with Crippen LogP contribution in [0, 0.1) is 0 Å². The molecule has 3 rings (SSSR count). The molecule has 7 nitrogen and oxygen atoms in total. The lowest BCUT2D eigenvalue weighted by atomic mass is 10.2. The third kappa shape index (κ3) is 4.72. The molecule has 0 spiro atoms. The van der Waals surface area contributed by atoms with Gasteiger partial charge in [-0.05, 0) is 37.3 Å². The molecule has 1 unspecified atom stereocenters. The highest BCUT2D eigenvalue weighted by Crippen LogP contribution is 2.25. The quantitative estimate of drug-likeness (QED) is 0.563. The van der Waals surface area contributed by atoms with Gasteiger partial charge >= 0.3 is 6.01 Å². The molecule has 0 saturated heterocycles. The minimum atomic E-state index is -3.01. The smallest absolute Gasteiger partial charge is 0.304 e. The summed E-state index contributed by atoms with van der Waals surface area (Å²) in [6.07, 6.45) is 1.75. The first-order valence-electron chi connectivity index (χ1n) is 8.43. The van der Waals surface area contributed by atoms with Gasteiger partial charge in [-0.1, -0.05) is 9.24 Å². The van der Waals surface area contributed by atoms with Crippen molar-refractivity contribution in [1.29, 1.82) is 0 Å². The average molecular weight is 408 g/mol. The van der Waals surface area contributed by atoms with E-state index in [-0.39, 0.29) is 17.3 Å². The number of hydrogen-bond acceptors (Lipinski definition) is 5. The molecule has 2 heterocycles. The monoisotopic (exact) mass is 408 g/mol. The van der Waals surface area contributed by atoms with E-state index in [1.807, 2.05) is 0 Å². The van der Waals surface area contributed by atoms with Crippen molar-refractivity contribution in [2.24, 2.45) is 7.05 Å². The summed E-state index contributed by atoms with van der Waals surface area (Å²) < 4.78 is 39.3. The number of nitrogens with zero attached hydrogens (tertiary/aromatic N) is 4. The molecule has 0 radical (unpaired) electrons. The average Bonchev–Trinajstić information content (AvgIpc) is 3.06. The Morgan fingerprint density at radius 1 is 1.14 bits per heavy atom. The maximum atomic E-state index is 12.9. The van der Waals surface area contributed by atoms with Crippen LogP contribution >= 0.6 is 9.24 Å². The summed E-state index contributed by atoms with van der Waals surface area (Å²) in [5.41, 5.74) is -1.95. The zero-order valence-electron chi connectivity index (χ0n) is 15.3. The van der Waals surface area contributed by atoms with Crippen molar-refractivity contribution in [1.82, 2.24) is 19.3 Å². The topological polar surface area (TPSA) is 71.2 Å². The Kier molecular flexibility index (Phi) is 5.74. The molecule has 0 saturated carbocycles. The summed E-state index contributed by atoms with van der Waals surface area (Å²) in [5.74, 6) is 0.259. The second-order valence-electron chi connectivity index (χ2n) is 5.95. The Bertz CT molecular complexity index is 1010. The normalized spacial score (nSPS) is 11.5. The summed E-state index contributed by atoms with van der Waals surface area (Å²) in [7, 11) is 3.19. The number of alkyl halides is 2. The van der Waals surface area contributed by atoms with Crippen LogP contribution < -0.4 is 15.0 Å². The second-order valence-corrected chi connectivity index (χ2v) is 6.79. The standard InChI is InChI=1S/C18H19F2N4O3P/c1-3-26-17-21-15(14-8-9-23(2)22-14)10-16(25)24(17)12-4-6-13(7-5-12)27-11-18(19,20)28/h4-10H,3,11,28H2,1-2H3. The fraction of sp³-hybridized carbons (Fsp3) is 0.278. The number of aryl methyl sites for hydroxylation is 1. The molecule has 0 N–H and O–H groups in total. The van der Waals surface area contributed by atoms with E-state index in [9.17, 15) is 13.6 Å². The van der Waals surface area contributed by atoms with Gasteiger partial charge in [0.05, 0.1) is 12.3 Å². The first-order valence-corrected chi connectivity index (χ1v) is 9.01. The number of hydrogen-bond donors (Lipinski definition) is 0. The van der Waals surface area contributed by atoms with Gasteiger partial charge in [0.15, 0.2) is 6.61 Å². The van der Waals surface area contributed by atoms with Gasteiger partial charge in [-0.3, -0.25) is 9.48 Å². The third-order valence-electron chi connectivity index (χ3n) is 3.66. The molecule has 10 heteroatoms. The number of aromatic nitrogens is 4. The van der Waals surface area contributed by atoms with Crippen molar-refractivity contribution in [2.75, 3.05) is 13.2 Å². The highest BCUT2D eigenvalue weighted by molar-refractivity contribution is 7.18. The molecule has 28 heavy (non-hydrogen) atoms. The lowest BCUT2D eigenvalue weighted by Crippen LogP contribution is -2.22. The van der Waals surface area contributed by atoms with E-state index in [4.69, 9.17) is 9.47 Å². The molecule has 0 amide bonds. The SMILES string of the molecule is CCOc1nc(-c2ccn(C)n2)cc(=O)n1-c1ccc(OCC(F)(F)P)cc1. The molecule has 148 valence electrons. The fourth-order valence-corrected chi connectivity index (χ4v) is 2.56. The van der Waals surface area contributed by atoms with Gasteiger partial charge in [0.1, 0.15) is 17.1 Å². The van der Waals surface area contributed by atoms with Gasteiger partial charge in [0, 0.05) is 19.3 Å². The molecule has 1 atom stereocenters. The molecule has 3 aromatic rings. The zero-order valence-corrected chi connectivity index (χ0v) is 16.5. The van der Waals surface area contributed by atoms with Gasteiger partial charge in [-0.2, -0.15) is 18.9 Å². The minimum absolute atomic E-state index is 0.112. The first-order chi connectivity index (χ1) is 13.3. The van der Waals surface area contributed by atoms with Crippen molar-refractivity contribution in [3.63, 3.8) is 0 Å². The molecular formula is C18H19F2N4O3P. The number of ether oxygens (including phenoxy) is 2. The predicted octanol–water partition coefficient (Wildman–Crippen LogP) is 2.88. The molecule has 0 aliphatic rings. The van der Waals surface area contributed by atoms with Crippen LogP contribution in [-0.2, 0) is 7.05 Å². The number of benzene rings is 1. The van der Waals surface area contributed by atoms with Crippen LogP contribution in [0.1, 0.15) is 6.92 Å². The molecule has 1 aromatic carbocycles. The molecule has 0 aliphatic heterocycles. The molecule has 2 aromatic heterocycles. The minimum Gasteiger partial charge on any atom is -0.487 e. The van der Waals surface area contributed by atoms with E-state index in [1.165, 1.54) is 32.0 Å². The van der Waals surface area contributed by atoms with Crippen LogP contribution in [-0.4, -0.2) is 38.2 Å². The van der Waals surface area contributed by atoms with E-state index >= 15 is 0 Å². The van der Waals surface area contributed by atoms with Crippen molar-refractivity contribution >= 4 is 9.24 Å². The van der Waals surface area contributed by atoms with Gasteiger partial charge in [0.25, 0.3) is 11.2 Å². The number of halogens is 2. The van der Waals surface area contributed by atoms with E-state index in [0.29, 0.717) is 23.7 Å². The van der Waals surface area contributed by atoms with Crippen LogP contribution in [0.5, 0.6) is 11.8 Å². The van der Waals surface area contributed by atoms with Crippen molar-refractivity contribution < 1.29 is 18.3 Å². The van der Waals surface area contributed by atoms with Gasteiger partial charge in [0.2, 0.25) is 0 Å². The lowest BCUT2D eigenvalue weighted by Gasteiger charge is -2.14. The van der Waals surface area contributed by atoms with Gasteiger partial charge < -0.3 is 9.47 Å². The third-order valence-corrected chi connectivity index (χ3v) is 3.83. The van der Waals surface area contributed by atoms with Crippen molar-refractivity contribution in [3.05, 3.63) is 52.9 Å². The molecule has 0 aliphatic carbocycles. The first kappa shape index (κ1) is 19.9. The van der Waals surface area contributed by atoms with Crippen LogP contribution in [0.3, 0.4) is 0 Å². The summed E-state index contributed by atoms with van der Waals surface area (Å²) in [5, 5.41) is 4.25. The maximum Gasteiger partial charge on any atom is 0.304 e. The summed E-state index contributed by atoms with van der Waals surface area (Å²) >= 11 is 0. The summed E-state index contributed by atoms with van der Waals surface area (Å²) in [4.78, 5) is 17.1. The van der Waals surface area contributed by atoms with Crippen LogP contribution in [0.4, 0.5) is 8.78 Å². The Balaban J connectivity index is 1.95. The highest BCUT2D eigenvalue weighted by atomic mass is 31.0. The lowest BCUT2D eigenvalue weighted by molar-refractivity contribution is 0.0462. The predicted molar refractivity (Wildman–Crippen MR) is 103 cm³/mol. The Labute approximate surface area is 162 Å². The van der Waals surface area contributed by atoms with Gasteiger partial charge in [-0.25, -0.2) is 4.57 Å². The molecule has 0 fully saturated rings. The molecule has 0 bridgehead atoms.